The third-order valence-corrected chi connectivity index (χ3v) is 2.78. The van der Waals surface area contributed by atoms with Crippen molar-refractivity contribution in [3.63, 3.8) is 0 Å². The molecule has 0 saturated heterocycles. The summed E-state index contributed by atoms with van der Waals surface area (Å²) < 4.78 is 4.70. The van der Waals surface area contributed by atoms with Crippen molar-refractivity contribution in [3.05, 3.63) is 23.8 Å². The lowest BCUT2D eigenvalue weighted by molar-refractivity contribution is -0.143. The monoisotopic (exact) mass is 194 g/mol. The van der Waals surface area contributed by atoms with Crippen LogP contribution in [-0.2, 0) is 9.53 Å². The molecule has 0 bridgehead atoms. The van der Waals surface area contributed by atoms with Crippen LogP contribution in [0.5, 0.6) is 0 Å². The normalized spacial score (nSPS) is 18.3. The van der Waals surface area contributed by atoms with E-state index >= 15 is 0 Å². The topological polar surface area (TPSA) is 26.3 Å². The number of carbonyl (C=O) groups is 1. The van der Waals surface area contributed by atoms with E-state index in [0.29, 0.717) is 0 Å². The van der Waals surface area contributed by atoms with Crippen molar-refractivity contribution in [2.45, 2.75) is 32.6 Å². The first-order valence-corrected chi connectivity index (χ1v) is 5.13. The summed E-state index contributed by atoms with van der Waals surface area (Å²) in [5.41, 5.74) is 2.17. The molecule has 0 radical (unpaired) electrons. The molecule has 0 amide bonds. The summed E-state index contributed by atoms with van der Waals surface area (Å²) in [6.45, 7) is 5.83. The molecule has 0 saturated carbocycles. The Hall–Kier alpha value is -1.05. The Balaban J connectivity index is 2.64. The first-order valence-electron chi connectivity index (χ1n) is 5.13. The van der Waals surface area contributed by atoms with E-state index in [1.54, 1.807) is 0 Å². The van der Waals surface area contributed by atoms with E-state index in [4.69, 9.17) is 4.74 Å². The van der Waals surface area contributed by atoms with Gasteiger partial charge in [-0.05, 0) is 43.8 Å². The minimum absolute atomic E-state index is 0.193. The maximum atomic E-state index is 11.3. The quantitative estimate of drug-likeness (QED) is 0.646. The number of rotatable bonds is 3. The van der Waals surface area contributed by atoms with Crippen molar-refractivity contribution < 1.29 is 9.53 Å². The molecule has 0 aromatic rings. The highest BCUT2D eigenvalue weighted by atomic mass is 16.5. The molecule has 0 spiro atoms. The third-order valence-electron chi connectivity index (χ3n) is 2.78. The molecule has 2 nitrogen and oxygen atoms in total. The molecule has 1 aliphatic rings. The molecule has 0 aliphatic heterocycles. The highest BCUT2D eigenvalue weighted by Gasteiger charge is 2.20. The van der Waals surface area contributed by atoms with Gasteiger partial charge in [-0.25, -0.2) is 0 Å². The van der Waals surface area contributed by atoms with Crippen LogP contribution in [0.15, 0.2) is 23.8 Å². The molecule has 1 unspecified atom stereocenters. The van der Waals surface area contributed by atoms with Crippen molar-refractivity contribution in [2.75, 3.05) is 7.11 Å². The molecule has 0 heterocycles. The van der Waals surface area contributed by atoms with Crippen LogP contribution in [-0.4, -0.2) is 13.1 Å². The summed E-state index contributed by atoms with van der Waals surface area (Å²) in [4.78, 5) is 11.3. The molecule has 2 heteroatoms. The second kappa shape index (κ2) is 4.99. The van der Waals surface area contributed by atoms with Crippen molar-refractivity contribution >= 4 is 5.97 Å². The Morgan fingerprint density at radius 3 is 2.79 bits per heavy atom. The number of methoxy groups -OCH3 is 1. The van der Waals surface area contributed by atoms with Crippen LogP contribution in [0.3, 0.4) is 0 Å². The minimum atomic E-state index is -0.204. The van der Waals surface area contributed by atoms with Gasteiger partial charge in [0.1, 0.15) is 0 Å². The van der Waals surface area contributed by atoms with Gasteiger partial charge in [0.15, 0.2) is 0 Å². The number of ether oxygens (including phenoxy) is 1. The Kier molecular flexibility index (Phi) is 3.93. The molecule has 1 aliphatic carbocycles. The fraction of sp³-hybridized carbons (Fsp3) is 0.583. The van der Waals surface area contributed by atoms with Crippen LogP contribution in [0.1, 0.15) is 32.6 Å². The van der Waals surface area contributed by atoms with Gasteiger partial charge in [-0.2, -0.15) is 0 Å². The molecule has 0 aromatic heterocycles. The maximum absolute atomic E-state index is 11.3. The molecular formula is C12H18O2. The van der Waals surface area contributed by atoms with Gasteiger partial charge in [-0.3, -0.25) is 4.79 Å². The largest absolute Gasteiger partial charge is 0.469 e. The zero-order valence-electron chi connectivity index (χ0n) is 9.01. The average molecular weight is 194 g/mol. The van der Waals surface area contributed by atoms with Crippen LogP contribution in [0.4, 0.5) is 0 Å². The van der Waals surface area contributed by atoms with Gasteiger partial charge in [0, 0.05) is 0 Å². The van der Waals surface area contributed by atoms with Gasteiger partial charge >= 0.3 is 5.97 Å². The summed E-state index contributed by atoms with van der Waals surface area (Å²) >= 11 is 0. The zero-order chi connectivity index (χ0) is 10.6. The molecule has 14 heavy (non-hydrogen) atoms. The lowest BCUT2D eigenvalue weighted by Crippen LogP contribution is -2.16. The van der Waals surface area contributed by atoms with E-state index < -0.39 is 0 Å². The van der Waals surface area contributed by atoms with Gasteiger partial charge in [0.2, 0.25) is 0 Å². The predicted molar refractivity (Wildman–Crippen MR) is 56.9 cm³/mol. The van der Waals surface area contributed by atoms with Crippen LogP contribution >= 0.6 is 0 Å². The molecule has 0 fully saturated rings. The average Bonchev–Trinajstić information content (AvgIpc) is 2.27. The van der Waals surface area contributed by atoms with Crippen molar-refractivity contribution in [3.8, 4) is 0 Å². The summed E-state index contributed by atoms with van der Waals surface area (Å²) in [6.07, 6.45) is 6.83. The van der Waals surface area contributed by atoms with E-state index in [-0.39, 0.29) is 11.9 Å². The number of esters is 1. The smallest absolute Gasteiger partial charge is 0.312 e. The Morgan fingerprint density at radius 2 is 2.29 bits per heavy atom. The SMILES string of the molecule is C=C(C1=CCCCC1)C(C)C(=O)OC. The molecule has 78 valence electrons. The lowest BCUT2D eigenvalue weighted by atomic mass is 9.88. The van der Waals surface area contributed by atoms with E-state index in [2.05, 4.69) is 12.7 Å². The van der Waals surface area contributed by atoms with E-state index in [0.717, 1.165) is 18.4 Å². The molecule has 0 aromatic carbocycles. The Bertz CT molecular complexity index is 263. The van der Waals surface area contributed by atoms with Gasteiger partial charge in [0.05, 0.1) is 13.0 Å². The first kappa shape index (κ1) is 11.0. The number of hydrogen-bond donors (Lipinski definition) is 0. The van der Waals surface area contributed by atoms with Gasteiger partial charge < -0.3 is 4.74 Å². The Labute approximate surface area is 85.6 Å². The van der Waals surface area contributed by atoms with Crippen LogP contribution in [0.2, 0.25) is 0 Å². The van der Waals surface area contributed by atoms with E-state index in [1.807, 2.05) is 6.92 Å². The third kappa shape index (κ3) is 2.47. The minimum Gasteiger partial charge on any atom is -0.469 e. The van der Waals surface area contributed by atoms with Crippen molar-refractivity contribution in [1.82, 2.24) is 0 Å². The zero-order valence-corrected chi connectivity index (χ0v) is 9.01. The highest BCUT2D eigenvalue weighted by molar-refractivity contribution is 5.76. The van der Waals surface area contributed by atoms with Gasteiger partial charge in [-0.15, -0.1) is 0 Å². The summed E-state index contributed by atoms with van der Waals surface area (Å²) in [7, 11) is 1.42. The van der Waals surface area contributed by atoms with Crippen LogP contribution in [0.25, 0.3) is 0 Å². The van der Waals surface area contributed by atoms with Gasteiger partial charge in [0.25, 0.3) is 0 Å². The van der Waals surface area contributed by atoms with Crippen molar-refractivity contribution in [2.24, 2.45) is 5.92 Å². The number of hydrogen-bond acceptors (Lipinski definition) is 2. The maximum Gasteiger partial charge on any atom is 0.312 e. The van der Waals surface area contributed by atoms with E-state index in [9.17, 15) is 4.79 Å². The predicted octanol–water partition coefficient (Wildman–Crippen LogP) is 2.85. The fourth-order valence-electron chi connectivity index (χ4n) is 1.73. The Morgan fingerprint density at radius 1 is 1.57 bits per heavy atom. The summed E-state index contributed by atoms with van der Waals surface area (Å²) in [6, 6.07) is 0. The standard InChI is InChI=1S/C12H18O2/c1-9(10(2)12(13)14-3)11-7-5-4-6-8-11/h7,10H,1,4-6,8H2,2-3H3. The lowest BCUT2D eigenvalue weighted by Gasteiger charge is -2.18. The number of allylic oxidation sites excluding steroid dienone is 2. The highest BCUT2D eigenvalue weighted by Crippen LogP contribution is 2.27. The number of carbonyl (C=O) groups excluding carboxylic acids is 1. The summed E-state index contributed by atoms with van der Waals surface area (Å²) in [5, 5.41) is 0. The van der Waals surface area contributed by atoms with Crippen molar-refractivity contribution in [1.29, 1.82) is 0 Å². The second-order valence-corrected chi connectivity index (χ2v) is 3.75. The molecule has 0 N–H and O–H groups in total. The second-order valence-electron chi connectivity index (χ2n) is 3.75. The first-order chi connectivity index (χ1) is 6.66. The molecule has 1 rings (SSSR count). The van der Waals surface area contributed by atoms with E-state index in [1.165, 1.54) is 25.5 Å². The fourth-order valence-corrected chi connectivity index (χ4v) is 1.73. The van der Waals surface area contributed by atoms with Gasteiger partial charge in [-0.1, -0.05) is 12.7 Å². The summed E-state index contributed by atoms with van der Waals surface area (Å²) in [5.74, 6) is -0.397. The van der Waals surface area contributed by atoms with Crippen LogP contribution in [0, 0.1) is 5.92 Å². The van der Waals surface area contributed by atoms with Crippen LogP contribution < -0.4 is 0 Å². The molecular weight excluding hydrogens is 176 g/mol. The molecule has 1 atom stereocenters.